The van der Waals surface area contributed by atoms with Crippen LogP contribution in [0, 0.1) is 12.8 Å². The lowest BCUT2D eigenvalue weighted by Gasteiger charge is -2.24. The van der Waals surface area contributed by atoms with Crippen LogP contribution < -0.4 is 4.90 Å². The molecule has 132 valence electrons. The van der Waals surface area contributed by atoms with E-state index in [1.165, 1.54) is 12.8 Å². The zero-order chi connectivity index (χ0) is 17.6. The number of anilines is 1. The molecule has 0 saturated heterocycles. The van der Waals surface area contributed by atoms with Gasteiger partial charge in [0.25, 0.3) is 0 Å². The Labute approximate surface area is 148 Å². The Morgan fingerprint density at radius 2 is 2.16 bits per heavy atom. The standard InChI is InChI=1S/C19H24N4O2/c1-3-25-18(24)9-11-23(13-15-7-8-15)17-12-14(2)21-19(22-17)16-6-4-5-10-20-16/h4-6,10,12,15H,3,7-9,11,13H2,1-2H3. The predicted octanol–water partition coefficient (Wildman–Crippen LogP) is 3.02. The summed E-state index contributed by atoms with van der Waals surface area (Å²) < 4.78 is 5.06. The first-order valence-corrected chi connectivity index (χ1v) is 8.83. The molecule has 0 spiro atoms. The van der Waals surface area contributed by atoms with E-state index in [1.54, 1.807) is 6.20 Å². The minimum Gasteiger partial charge on any atom is -0.466 e. The highest BCUT2D eigenvalue weighted by Crippen LogP contribution is 2.31. The molecule has 2 heterocycles. The van der Waals surface area contributed by atoms with E-state index in [2.05, 4.69) is 14.9 Å². The van der Waals surface area contributed by atoms with Crippen molar-refractivity contribution in [1.82, 2.24) is 15.0 Å². The van der Waals surface area contributed by atoms with Crippen LogP contribution in [0.3, 0.4) is 0 Å². The number of aromatic nitrogens is 3. The third-order valence-electron chi connectivity index (χ3n) is 4.13. The van der Waals surface area contributed by atoms with Gasteiger partial charge < -0.3 is 9.64 Å². The zero-order valence-corrected chi connectivity index (χ0v) is 14.8. The molecule has 0 radical (unpaired) electrons. The SMILES string of the molecule is CCOC(=O)CCN(CC1CC1)c1cc(C)nc(-c2ccccn2)n1. The number of hydrogen-bond acceptors (Lipinski definition) is 6. The number of aryl methyl sites for hydroxylation is 1. The second kappa shape index (κ2) is 8.05. The van der Waals surface area contributed by atoms with E-state index >= 15 is 0 Å². The molecule has 0 aromatic carbocycles. The molecule has 0 atom stereocenters. The summed E-state index contributed by atoms with van der Waals surface area (Å²) in [6, 6.07) is 7.68. The van der Waals surface area contributed by atoms with Gasteiger partial charge in [0.15, 0.2) is 5.82 Å². The quantitative estimate of drug-likeness (QED) is 0.688. The Hall–Kier alpha value is -2.50. The predicted molar refractivity (Wildman–Crippen MR) is 96.2 cm³/mol. The monoisotopic (exact) mass is 340 g/mol. The number of ether oxygens (including phenoxy) is 1. The number of hydrogen-bond donors (Lipinski definition) is 0. The van der Waals surface area contributed by atoms with Crippen LogP contribution in [0.15, 0.2) is 30.5 Å². The summed E-state index contributed by atoms with van der Waals surface area (Å²) >= 11 is 0. The van der Waals surface area contributed by atoms with Crippen LogP contribution in [0.1, 0.15) is 31.9 Å². The van der Waals surface area contributed by atoms with E-state index in [0.29, 0.717) is 31.3 Å². The van der Waals surface area contributed by atoms with Gasteiger partial charge in [0.2, 0.25) is 0 Å². The van der Waals surface area contributed by atoms with E-state index < -0.39 is 0 Å². The van der Waals surface area contributed by atoms with Crippen molar-refractivity contribution in [1.29, 1.82) is 0 Å². The van der Waals surface area contributed by atoms with Gasteiger partial charge in [-0.15, -0.1) is 0 Å². The lowest BCUT2D eigenvalue weighted by atomic mass is 10.2. The molecule has 3 rings (SSSR count). The first-order valence-electron chi connectivity index (χ1n) is 8.83. The Kier molecular flexibility index (Phi) is 5.58. The van der Waals surface area contributed by atoms with Gasteiger partial charge in [0.1, 0.15) is 11.5 Å². The molecule has 0 unspecified atom stereocenters. The molecule has 0 amide bonds. The maximum absolute atomic E-state index is 11.7. The summed E-state index contributed by atoms with van der Waals surface area (Å²) in [6.45, 7) is 5.72. The van der Waals surface area contributed by atoms with Crippen LogP contribution in [0.25, 0.3) is 11.5 Å². The van der Waals surface area contributed by atoms with E-state index in [-0.39, 0.29) is 5.97 Å². The van der Waals surface area contributed by atoms with Crippen molar-refractivity contribution in [3.8, 4) is 11.5 Å². The van der Waals surface area contributed by atoms with Gasteiger partial charge in [-0.1, -0.05) is 6.07 Å². The topological polar surface area (TPSA) is 68.2 Å². The molecule has 2 aromatic heterocycles. The van der Waals surface area contributed by atoms with Gasteiger partial charge >= 0.3 is 5.97 Å². The second-order valence-electron chi connectivity index (χ2n) is 6.35. The third-order valence-corrected chi connectivity index (χ3v) is 4.13. The van der Waals surface area contributed by atoms with E-state index in [9.17, 15) is 4.79 Å². The average Bonchev–Trinajstić information content (AvgIpc) is 3.43. The summed E-state index contributed by atoms with van der Waals surface area (Å²) in [4.78, 5) is 27.5. The Morgan fingerprint density at radius 3 is 2.84 bits per heavy atom. The molecule has 1 aliphatic carbocycles. The molecule has 25 heavy (non-hydrogen) atoms. The lowest BCUT2D eigenvalue weighted by molar-refractivity contribution is -0.142. The summed E-state index contributed by atoms with van der Waals surface area (Å²) in [5.74, 6) is 1.99. The van der Waals surface area contributed by atoms with Gasteiger partial charge in [-0.05, 0) is 44.7 Å². The first kappa shape index (κ1) is 17.3. The first-order chi connectivity index (χ1) is 12.2. The molecule has 6 heteroatoms. The summed E-state index contributed by atoms with van der Waals surface area (Å²) in [5.41, 5.74) is 1.65. The van der Waals surface area contributed by atoms with Crippen molar-refractivity contribution < 1.29 is 9.53 Å². The second-order valence-corrected chi connectivity index (χ2v) is 6.35. The number of carbonyl (C=O) groups excluding carboxylic acids is 1. The van der Waals surface area contributed by atoms with Crippen LogP contribution in [0.2, 0.25) is 0 Å². The van der Waals surface area contributed by atoms with Crippen molar-refractivity contribution in [3.05, 3.63) is 36.2 Å². The summed E-state index contributed by atoms with van der Waals surface area (Å²) in [5, 5.41) is 0. The molecular weight excluding hydrogens is 316 g/mol. The Morgan fingerprint density at radius 1 is 1.32 bits per heavy atom. The third kappa shape index (κ3) is 4.98. The van der Waals surface area contributed by atoms with Crippen molar-refractivity contribution >= 4 is 11.8 Å². The van der Waals surface area contributed by atoms with Crippen LogP contribution in [0.4, 0.5) is 5.82 Å². The number of pyridine rings is 1. The number of esters is 1. The van der Waals surface area contributed by atoms with Crippen molar-refractivity contribution in [3.63, 3.8) is 0 Å². The van der Waals surface area contributed by atoms with Crippen LogP contribution in [-0.4, -0.2) is 40.6 Å². The van der Waals surface area contributed by atoms with E-state index in [0.717, 1.165) is 23.8 Å². The van der Waals surface area contributed by atoms with Crippen LogP contribution in [0.5, 0.6) is 0 Å². The molecule has 0 N–H and O–H groups in total. The highest BCUT2D eigenvalue weighted by atomic mass is 16.5. The summed E-state index contributed by atoms with van der Waals surface area (Å²) in [7, 11) is 0. The van der Waals surface area contributed by atoms with E-state index in [4.69, 9.17) is 9.72 Å². The number of rotatable bonds is 8. The van der Waals surface area contributed by atoms with Crippen LogP contribution in [-0.2, 0) is 9.53 Å². The highest BCUT2D eigenvalue weighted by Gasteiger charge is 2.26. The van der Waals surface area contributed by atoms with Gasteiger partial charge in [0, 0.05) is 31.0 Å². The number of nitrogens with zero attached hydrogens (tertiary/aromatic N) is 4. The van der Waals surface area contributed by atoms with Crippen molar-refractivity contribution in [2.75, 3.05) is 24.6 Å². The van der Waals surface area contributed by atoms with Gasteiger partial charge in [-0.25, -0.2) is 9.97 Å². The average molecular weight is 340 g/mol. The van der Waals surface area contributed by atoms with Gasteiger partial charge in [-0.3, -0.25) is 9.78 Å². The van der Waals surface area contributed by atoms with Crippen molar-refractivity contribution in [2.45, 2.75) is 33.1 Å². The van der Waals surface area contributed by atoms with Gasteiger partial charge in [0.05, 0.1) is 13.0 Å². The molecule has 2 aromatic rings. The fourth-order valence-corrected chi connectivity index (χ4v) is 2.69. The molecule has 1 fully saturated rings. The van der Waals surface area contributed by atoms with Crippen molar-refractivity contribution in [2.24, 2.45) is 5.92 Å². The molecule has 0 bridgehead atoms. The minimum absolute atomic E-state index is 0.168. The maximum atomic E-state index is 11.7. The smallest absolute Gasteiger partial charge is 0.307 e. The molecule has 6 nitrogen and oxygen atoms in total. The van der Waals surface area contributed by atoms with E-state index in [1.807, 2.05) is 38.1 Å². The summed E-state index contributed by atoms with van der Waals surface area (Å²) in [6.07, 6.45) is 4.59. The minimum atomic E-state index is -0.168. The normalized spacial score (nSPS) is 13.5. The molecule has 1 saturated carbocycles. The fraction of sp³-hybridized carbons (Fsp3) is 0.474. The lowest BCUT2D eigenvalue weighted by Crippen LogP contribution is -2.30. The highest BCUT2D eigenvalue weighted by molar-refractivity contribution is 5.70. The Bertz CT molecular complexity index is 717. The molecular formula is C19H24N4O2. The molecule has 1 aliphatic rings. The largest absolute Gasteiger partial charge is 0.466 e. The fourth-order valence-electron chi connectivity index (χ4n) is 2.69. The Balaban J connectivity index is 1.81. The molecule has 0 aliphatic heterocycles. The van der Waals surface area contributed by atoms with Crippen LogP contribution >= 0.6 is 0 Å². The van der Waals surface area contributed by atoms with Gasteiger partial charge in [-0.2, -0.15) is 0 Å². The number of carbonyl (C=O) groups is 1. The zero-order valence-electron chi connectivity index (χ0n) is 14.8. The maximum Gasteiger partial charge on any atom is 0.307 e.